The molecule has 5 nitrogen and oxygen atoms in total. The summed E-state index contributed by atoms with van der Waals surface area (Å²) < 4.78 is 11.2. The maximum Gasteiger partial charge on any atom is 0.258 e. The van der Waals surface area contributed by atoms with E-state index in [4.69, 9.17) is 21.1 Å². The third kappa shape index (κ3) is 3.90. The maximum absolute atomic E-state index is 12.6. The highest BCUT2D eigenvalue weighted by Crippen LogP contribution is 2.35. The quantitative estimate of drug-likeness (QED) is 0.589. The molecular weight excluding hydrogens is 404 g/mol. The van der Waals surface area contributed by atoms with Gasteiger partial charge in [-0.15, -0.1) is 23.1 Å². The van der Waals surface area contributed by atoms with Crippen LogP contribution in [0.5, 0.6) is 11.5 Å². The zero-order valence-electron chi connectivity index (χ0n) is 14.3. The molecule has 1 amide bonds. The average molecular weight is 419 g/mol. The summed E-state index contributed by atoms with van der Waals surface area (Å²) in [5, 5.41) is 5.63. The molecule has 0 unspecified atom stereocenters. The monoisotopic (exact) mass is 418 g/mol. The van der Waals surface area contributed by atoms with Gasteiger partial charge in [0.15, 0.2) is 16.6 Å². The van der Waals surface area contributed by atoms with Crippen molar-refractivity contribution in [3.05, 3.63) is 52.4 Å². The van der Waals surface area contributed by atoms with Crippen LogP contribution in [0.3, 0.4) is 0 Å². The predicted molar refractivity (Wildman–Crippen MR) is 110 cm³/mol. The van der Waals surface area contributed by atoms with Gasteiger partial charge < -0.3 is 9.47 Å². The van der Waals surface area contributed by atoms with Crippen LogP contribution in [0.4, 0.5) is 5.13 Å². The molecule has 3 aromatic rings. The van der Waals surface area contributed by atoms with Gasteiger partial charge in [0.05, 0.1) is 16.3 Å². The first-order valence-electron chi connectivity index (χ1n) is 8.14. The van der Waals surface area contributed by atoms with Gasteiger partial charge in [0.1, 0.15) is 13.2 Å². The van der Waals surface area contributed by atoms with Gasteiger partial charge in [-0.25, -0.2) is 4.98 Å². The van der Waals surface area contributed by atoms with Crippen LogP contribution < -0.4 is 14.8 Å². The number of ether oxygens (including phenoxy) is 2. The molecule has 0 atom stereocenters. The Bertz CT molecular complexity index is 1010. The van der Waals surface area contributed by atoms with Gasteiger partial charge in [-0.05, 0) is 42.7 Å². The molecule has 2 aromatic carbocycles. The number of hydrogen-bond acceptors (Lipinski definition) is 6. The molecule has 138 valence electrons. The Kier molecular flexibility index (Phi) is 5.24. The summed E-state index contributed by atoms with van der Waals surface area (Å²) in [6.07, 6.45) is 1.95. The van der Waals surface area contributed by atoms with Crippen molar-refractivity contribution in [1.82, 2.24) is 4.98 Å². The number of halogens is 1. The molecule has 1 aliphatic heterocycles. The summed E-state index contributed by atoms with van der Waals surface area (Å²) in [6, 6.07) is 11.1. The maximum atomic E-state index is 12.6. The van der Waals surface area contributed by atoms with E-state index in [-0.39, 0.29) is 5.91 Å². The summed E-state index contributed by atoms with van der Waals surface area (Å²) >= 11 is 9.08. The van der Waals surface area contributed by atoms with Crippen LogP contribution >= 0.6 is 34.7 Å². The number of amides is 1. The van der Waals surface area contributed by atoms with E-state index in [1.807, 2.05) is 35.9 Å². The normalized spacial score (nSPS) is 12.7. The Morgan fingerprint density at radius 1 is 1.19 bits per heavy atom. The number of anilines is 1. The zero-order valence-corrected chi connectivity index (χ0v) is 16.7. The van der Waals surface area contributed by atoms with Crippen molar-refractivity contribution < 1.29 is 14.3 Å². The highest BCUT2D eigenvalue weighted by molar-refractivity contribution is 7.98. The highest BCUT2D eigenvalue weighted by atomic mass is 35.5. The number of aromatic nitrogens is 1. The van der Waals surface area contributed by atoms with Crippen LogP contribution in [-0.4, -0.2) is 30.4 Å². The molecule has 0 saturated carbocycles. The molecule has 1 N–H and O–H groups in total. The number of carbonyl (C=O) groups excluding carboxylic acids is 1. The summed E-state index contributed by atoms with van der Waals surface area (Å²) in [5.41, 5.74) is 2.09. The predicted octanol–water partition coefficient (Wildman–Crippen LogP) is 5.21. The van der Waals surface area contributed by atoms with E-state index in [1.54, 1.807) is 23.9 Å². The second-order valence-electron chi connectivity index (χ2n) is 5.70. The number of nitrogens with one attached hydrogen (secondary N) is 1. The van der Waals surface area contributed by atoms with Gasteiger partial charge >= 0.3 is 0 Å². The second-order valence-corrected chi connectivity index (χ2v) is 7.84. The lowest BCUT2D eigenvalue weighted by molar-refractivity contribution is 0.102. The zero-order chi connectivity index (χ0) is 18.8. The van der Waals surface area contributed by atoms with Crippen LogP contribution in [0.15, 0.2) is 46.7 Å². The highest BCUT2D eigenvalue weighted by Gasteiger charge is 2.16. The van der Waals surface area contributed by atoms with E-state index in [9.17, 15) is 4.79 Å². The van der Waals surface area contributed by atoms with E-state index < -0.39 is 0 Å². The smallest absolute Gasteiger partial charge is 0.258 e. The lowest BCUT2D eigenvalue weighted by atomic mass is 10.1. The van der Waals surface area contributed by atoms with Gasteiger partial charge in [-0.2, -0.15) is 0 Å². The first-order chi connectivity index (χ1) is 13.1. The van der Waals surface area contributed by atoms with Gasteiger partial charge in [-0.1, -0.05) is 11.6 Å². The standard InChI is InChI=1S/C19H15ClN2O3S2/c1-26-12-3-4-14(20)13(9-12)18(23)22-19-21-15(10-27-19)11-2-5-16-17(8-11)25-7-6-24-16/h2-5,8-10H,6-7H2,1H3,(H,21,22,23). The van der Waals surface area contributed by atoms with Crippen molar-refractivity contribution in [3.63, 3.8) is 0 Å². The fourth-order valence-corrected chi connectivity index (χ4v) is 3.99. The van der Waals surface area contributed by atoms with Gasteiger partial charge in [0, 0.05) is 15.8 Å². The van der Waals surface area contributed by atoms with Crippen LogP contribution in [0, 0.1) is 0 Å². The second kappa shape index (κ2) is 7.80. The van der Waals surface area contributed by atoms with Crippen molar-refractivity contribution in [2.75, 3.05) is 24.8 Å². The molecule has 0 bridgehead atoms. The third-order valence-corrected chi connectivity index (χ3v) is 5.79. The van der Waals surface area contributed by atoms with Gasteiger partial charge in [0.25, 0.3) is 5.91 Å². The van der Waals surface area contributed by atoms with E-state index in [2.05, 4.69) is 10.3 Å². The number of carbonyl (C=O) groups is 1. The van der Waals surface area contributed by atoms with Crippen LogP contribution in [0.1, 0.15) is 10.4 Å². The minimum atomic E-state index is -0.279. The molecule has 2 heterocycles. The average Bonchev–Trinajstić information content (AvgIpc) is 3.16. The minimum absolute atomic E-state index is 0.279. The molecule has 0 aliphatic carbocycles. The molecule has 1 aliphatic rings. The van der Waals surface area contributed by atoms with Crippen molar-refractivity contribution in [3.8, 4) is 22.8 Å². The van der Waals surface area contributed by atoms with E-state index in [0.717, 1.165) is 21.9 Å². The van der Waals surface area contributed by atoms with Crippen molar-refractivity contribution in [2.24, 2.45) is 0 Å². The largest absolute Gasteiger partial charge is 0.486 e. The molecule has 4 rings (SSSR count). The third-order valence-electron chi connectivity index (χ3n) is 3.98. The van der Waals surface area contributed by atoms with E-state index >= 15 is 0 Å². The molecule has 1 aromatic heterocycles. The first-order valence-corrected chi connectivity index (χ1v) is 10.6. The first kappa shape index (κ1) is 18.2. The van der Waals surface area contributed by atoms with Gasteiger partial charge in [-0.3, -0.25) is 10.1 Å². The Hall–Kier alpha value is -2.22. The van der Waals surface area contributed by atoms with Crippen LogP contribution in [0.2, 0.25) is 5.02 Å². The fourth-order valence-electron chi connectivity index (χ4n) is 2.64. The number of rotatable bonds is 4. The van der Waals surface area contributed by atoms with E-state index in [0.29, 0.717) is 34.7 Å². The molecule has 0 radical (unpaired) electrons. The lowest BCUT2D eigenvalue weighted by Gasteiger charge is -2.18. The molecular formula is C19H15ClN2O3S2. The number of thiazole rings is 1. The Morgan fingerprint density at radius 2 is 2.00 bits per heavy atom. The SMILES string of the molecule is CSc1ccc(Cl)c(C(=O)Nc2nc(-c3ccc4c(c3)OCCO4)cs2)c1. The van der Waals surface area contributed by atoms with E-state index in [1.165, 1.54) is 11.3 Å². The minimum Gasteiger partial charge on any atom is -0.486 e. The fraction of sp³-hybridized carbons (Fsp3) is 0.158. The van der Waals surface area contributed by atoms with Crippen molar-refractivity contribution >= 4 is 45.7 Å². The molecule has 27 heavy (non-hydrogen) atoms. The Labute approximate surface area is 169 Å². The molecule has 8 heteroatoms. The summed E-state index contributed by atoms with van der Waals surface area (Å²) in [6.45, 7) is 1.09. The van der Waals surface area contributed by atoms with Crippen molar-refractivity contribution in [1.29, 1.82) is 0 Å². The topological polar surface area (TPSA) is 60.5 Å². The van der Waals surface area contributed by atoms with Crippen LogP contribution in [-0.2, 0) is 0 Å². The van der Waals surface area contributed by atoms with Crippen molar-refractivity contribution in [2.45, 2.75) is 4.90 Å². The lowest BCUT2D eigenvalue weighted by Crippen LogP contribution is -2.15. The number of nitrogens with zero attached hydrogens (tertiary/aromatic N) is 1. The Balaban J connectivity index is 1.54. The molecule has 0 saturated heterocycles. The number of benzene rings is 2. The Morgan fingerprint density at radius 3 is 2.81 bits per heavy atom. The molecule has 0 spiro atoms. The summed E-state index contributed by atoms with van der Waals surface area (Å²) in [7, 11) is 0. The number of hydrogen-bond donors (Lipinski definition) is 1. The molecule has 0 fully saturated rings. The number of thioether (sulfide) groups is 1. The van der Waals surface area contributed by atoms with Gasteiger partial charge in [0.2, 0.25) is 0 Å². The number of fused-ring (bicyclic) bond motifs is 1. The van der Waals surface area contributed by atoms with Crippen LogP contribution in [0.25, 0.3) is 11.3 Å². The summed E-state index contributed by atoms with van der Waals surface area (Å²) in [4.78, 5) is 18.0. The summed E-state index contributed by atoms with van der Waals surface area (Å²) in [5.74, 6) is 1.16.